The van der Waals surface area contributed by atoms with Crippen molar-refractivity contribution in [1.29, 1.82) is 0 Å². The van der Waals surface area contributed by atoms with Gasteiger partial charge >= 0.3 is 0 Å². The fraction of sp³-hybridized carbons (Fsp3) is 0.222. The van der Waals surface area contributed by atoms with Crippen LogP contribution in [-0.4, -0.2) is 21.3 Å². The van der Waals surface area contributed by atoms with Gasteiger partial charge in [0.15, 0.2) is 0 Å². The molecule has 1 aliphatic heterocycles. The Balaban J connectivity index is 1.77. The zero-order chi connectivity index (χ0) is 15.6. The van der Waals surface area contributed by atoms with Gasteiger partial charge in [-0.3, -0.25) is 9.67 Å². The molecule has 0 saturated carbocycles. The largest absolute Gasteiger partial charge is 0.312 e. The zero-order valence-corrected chi connectivity index (χ0v) is 12.7. The lowest BCUT2D eigenvalue weighted by Gasteiger charge is -2.15. The number of fused-ring (bicyclic) bond motifs is 1. The summed E-state index contributed by atoms with van der Waals surface area (Å²) in [5, 5.41) is 8.22. The van der Waals surface area contributed by atoms with E-state index in [2.05, 4.69) is 15.0 Å². The summed E-state index contributed by atoms with van der Waals surface area (Å²) >= 11 is 0. The third kappa shape index (κ3) is 2.75. The second kappa shape index (κ2) is 5.93. The van der Waals surface area contributed by atoms with Gasteiger partial charge in [-0.25, -0.2) is 4.39 Å². The smallest absolute Gasteiger partial charge is 0.123 e. The van der Waals surface area contributed by atoms with Gasteiger partial charge in [0.1, 0.15) is 5.82 Å². The van der Waals surface area contributed by atoms with Gasteiger partial charge in [0.2, 0.25) is 0 Å². The minimum atomic E-state index is -0.225. The molecule has 0 bridgehead atoms. The van der Waals surface area contributed by atoms with Gasteiger partial charge in [-0.15, -0.1) is 0 Å². The van der Waals surface area contributed by atoms with E-state index >= 15 is 0 Å². The zero-order valence-electron chi connectivity index (χ0n) is 12.7. The number of hydrogen-bond acceptors (Lipinski definition) is 3. The van der Waals surface area contributed by atoms with E-state index < -0.39 is 0 Å². The lowest BCUT2D eigenvalue weighted by molar-refractivity contribution is 0.582. The Hall–Kier alpha value is -2.53. The van der Waals surface area contributed by atoms with Gasteiger partial charge in [-0.1, -0.05) is 0 Å². The Labute approximate surface area is 134 Å². The summed E-state index contributed by atoms with van der Waals surface area (Å²) in [6.07, 6.45) is 4.55. The number of rotatable bonds is 3. The fourth-order valence-electron chi connectivity index (χ4n) is 3.05. The lowest BCUT2D eigenvalue weighted by atomic mass is 10.0. The minimum absolute atomic E-state index is 0.225. The Morgan fingerprint density at radius 3 is 2.65 bits per heavy atom. The molecular formula is C18H17FN4. The van der Waals surface area contributed by atoms with Crippen molar-refractivity contribution in [1.82, 2.24) is 20.1 Å². The van der Waals surface area contributed by atoms with E-state index in [4.69, 9.17) is 5.10 Å². The molecule has 0 radical (unpaired) electrons. The maximum Gasteiger partial charge on any atom is 0.123 e. The monoisotopic (exact) mass is 308 g/mol. The first-order valence-corrected chi connectivity index (χ1v) is 7.75. The molecule has 0 unspecified atom stereocenters. The fourth-order valence-corrected chi connectivity index (χ4v) is 3.05. The molecule has 0 aliphatic carbocycles. The molecule has 1 aliphatic rings. The van der Waals surface area contributed by atoms with E-state index in [0.717, 1.165) is 37.3 Å². The minimum Gasteiger partial charge on any atom is -0.312 e. The molecule has 5 heteroatoms. The van der Waals surface area contributed by atoms with Crippen molar-refractivity contribution in [3.8, 4) is 11.3 Å². The van der Waals surface area contributed by atoms with Crippen molar-refractivity contribution in [2.45, 2.75) is 19.5 Å². The van der Waals surface area contributed by atoms with Crippen LogP contribution >= 0.6 is 0 Å². The highest BCUT2D eigenvalue weighted by atomic mass is 19.1. The van der Waals surface area contributed by atoms with E-state index in [9.17, 15) is 4.39 Å². The quantitative estimate of drug-likeness (QED) is 0.809. The third-order valence-electron chi connectivity index (χ3n) is 4.21. The predicted molar refractivity (Wildman–Crippen MR) is 86.4 cm³/mol. The second-order valence-corrected chi connectivity index (χ2v) is 5.72. The molecule has 0 amide bonds. The predicted octanol–water partition coefficient (Wildman–Crippen LogP) is 2.78. The summed E-state index contributed by atoms with van der Waals surface area (Å²) < 4.78 is 15.3. The summed E-state index contributed by atoms with van der Waals surface area (Å²) in [6, 6.07) is 10.6. The molecule has 0 spiro atoms. The average Bonchev–Trinajstić information content (AvgIpc) is 2.95. The standard InChI is InChI=1S/C18H17FN4/c19-15-3-1-14(2-4-15)18-16-11-21-10-7-17(16)23(22-18)12-13-5-8-20-9-6-13/h1-6,8-9,21H,7,10-12H2. The van der Waals surface area contributed by atoms with E-state index in [-0.39, 0.29) is 5.82 Å². The van der Waals surface area contributed by atoms with Crippen LogP contribution in [0, 0.1) is 5.82 Å². The van der Waals surface area contributed by atoms with E-state index in [1.165, 1.54) is 29.0 Å². The summed E-state index contributed by atoms with van der Waals surface area (Å²) in [6.45, 7) is 2.49. The lowest BCUT2D eigenvalue weighted by Crippen LogP contribution is -2.25. The highest BCUT2D eigenvalue weighted by Crippen LogP contribution is 2.28. The van der Waals surface area contributed by atoms with Crippen LogP contribution in [0.1, 0.15) is 16.8 Å². The second-order valence-electron chi connectivity index (χ2n) is 5.72. The molecule has 0 saturated heterocycles. The van der Waals surface area contributed by atoms with Crippen LogP contribution < -0.4 is 5.32 Å². The first kappa shape index (κ1) is 14.1. The summed E-state index contributed by atoms with van der Waals surface area (Å²) in [7, 11) is 0. The topological polar surface area (TPSA) is 42.7 Å². The molecule has 1 N–H and O–H groups in total. The molecule has 0 fully saturated rings. The summed E-state index contributed by atoms with van der Waals surface area (Å²) in [5.41, 5.74) is 5.56. The van der Waals surface area contributed by atoms with E-state index in [1.807, 2.05) is 12.1 Å². The van der Waals surface area contributed by atoms with Crippen molar-refractivity contribution >= 4 is 0 Å². The van der Waals surface area contributed by atoms with Gasteiger partial charge in [0.05, 0.1) is 12.2 Å². The highest BCUT2D eigenvalue weighted by molar-refractivity contribution is 5.64. The van der Waals surface area contributed by atoms with Crippen LogP contribution in [0.2, 0.25) is 0 Å². The van der Waals surface area contributed by atoms with Crippen LogP contribution in [0.3, 0.4) is 0 Å². The van der Waals surface area contributed by atoms with Crippen LogP contribution in [0.25, 0.3) is 11.3 Å². The molecule has 2 aromatic heterocycles. The SMILES string of the molecule is Fc1ccc(-c2nn(Cc3ccncc3)c3c2CNCC3)cc1. The van der Waals surface area contributed by atoms with Crippen LogP contribution in [0.5, 0.6) is 0 Å². The molecule has 0 atom stereocenters. The summed E-state index contributed by atoms with van der Waals surface area (Å²) in [4.78, 5) is 4.06. The van der Waals surface area contributed by atoms with Crippen molar-refractivity contribution in [2.75, 3.05) is 6.54 Å². The van der Waals surface area contributed by atoms with Gasteiger partial charge in [-0.2, -0.15) is 5.10 Å². The van der Waals surface area contributed by atoms with Crippen LogP contribution in [-0.2, 0) is 19.5 Å². The number of benzene rings is 1. The number of hydrogen-bond donors (Lipinski definition) is 1. The van der Waals surface area contributed by atoms with Crippen molar-refractivity contribution < 1.29 is 4.39 Å². The molecule has 4 nitrogen and oxygen atoms in total. The number of nitrogens with zero attached hydrogens (tertiary/aromatic N) is 3. The maximum atomic E-state index is 13.2. The Bertz CT molecular complexity index is 809. The van der Waals surface area contributed by atoms with Gasteiger partial charge < -0.3 is 5.32 Å². The van der Waals surface area contributed by atoms with Gasteiger partial charge in [0, 0.05) is 48.7 Å². The van der Waals surface area contributed by atoms with Crippen molar-refractivity contribution in [3.05, 3.63) is 71.4 Å². The number of nitrogens with one attached hydrogen (secondary N) is 1. The van der Waals surface area contributed by atoms with Gasteiger partial charge in [0.25, 0.3) is 0 Å². The Kier molecular flexibility index (Phi) is 3.63. The molecule has 4 rings (SSSR count). The Morgan fingerprint density at radius 1 is 1.09 bits per heavy atom. The number of halogens is 1. The Morgan fingerprint density at radius 2 is 1.87 bits per heavy atom. The first-order chi connectivity index (χ1) is 11.3. The van der Waals surface area contributed by atoms with Crippen LogP contribution in [0.15, 0.2) is 48.8 Å². The van der Waals surface area contributed by atoms with Gasteiger partial charge in [-0.05, 0) is 42.0 Å². The third-order valence-corrected chi connectivity index (χ3v) is 4.21. The number of pyridine rings is 1. The first-order valence-electron chi connectivity index (χ1n) is 7.75. The molecule has 3 aromatic rings. The molecule has 23 heavy (non-hydrogen) atoms. The number of aromatic nitrogens is 3. The van der Waals surface area contributed by atoms with Crippen molar-refractivity contribution in [2.24, 2.45) is 0 Å². The molecule has 116 valence electrons. The molecule has 3 heterocycles. The van der Waals surface area contributed by atoms with E-state index in [1.54, 1.807) is 24.5 Å². The van der Waals surface area contributed by atoms with Crippen molar-refractivity contribution in [3.63, 3.8) is 0 Å². The molecular weight excluding hydrogens is 291 g/mol. The van der Waals surface area contributed by atoms with Crippen LogP contribution in [0.4, 0.5) is 4.39 Å². The molecule has 1 aromatic carbocycles. The highest BCUT2D eigenvalue weighted by Gasteiger charge is 2.21. The van der Waals surface area contributed by atoms with E-state index in [0.29, 0.717) is 0 Å². The summed E-state index contributed by atoms with van der Waals surface area (Å²) in [5.74, 6) is -0.225. The average molecular weight is 308 g/mol. The maximum absolute atomic E-state index is 13.2. The normalized spacial score (nSPS) is 13.8.